The summed E-state index contributed by atoms with van der Waals surface area (Å²) < 4.78 is 6.29. The number of halogens is 1. The van der Waals surface area contributed by atoms with Crippen LogP contribution in [0.15, 0.2) is 22.7 Å². The molecular formula is C11H15BrN2O2. The lowest BCUT2D eigenvalue weighted by Crippen LogP contribution is -2.40. The average molecular weight is 287 g/mol. The Bertz CT molecular complexity index is 382. The molecule has 4 nitrogen and oxygen atoms in total. The molecule has 0 saturated heterocycles. The van der Waals surface area contributed by atoms with Crippen LogP contribution in [0.1, 0.15) is 19.4 Å². The third kappa shape index (κ3) is 3.21. The third-order valence-corrected chi connectivity index (χ3v) is 2.84. The predicted octanol–water partition coefficient (Wildman–Crippen LogP) is 1.77. The van der Waals surface area contributed by atoms with Crippen molar-refractivity contribution in [2.24, 2.45) is 5.84 Å². The van der Waals surface area contributed by atoms with Crippen molar-refractivity contribution in [1.82, 2.24) is 5.43 Å². The van der Waals surface area contributed by atoms with E-state index in [-0.39, 0.29) is 5.91 Å². The van der Waals surface area contributed by atoms with Crippen molar-refractivity contribution in [3.63, 3.8) is 0 Å². The molecule has 1 atom stereocenters. The van der Waals surface area contributed by atoms with Gasteiger partial charge >= 0.3 is 0 Å². The number of carbonyl (C=O) groups is 1. The van der Waals surface area contributed by atoms with E-state index >= 15 is 0 Å². The second-order valence-corrected chi connectivity index (χ2v) is 4.24. The van der Waals surface area contributed by atoms with Crippen molar-refractivity contribution in [2.45, 2.75) is 26.4 Å². The van der Waals surface area contributed by atoms with Crippen LogP contribution in [0.25, 0.3) is 0 Å². The molecule has 16 heavy (non-hydrogen) atoms. The number of nitrogens with one attached hydrogen (secondary N) is 1. The molecule has 0 aromatic heterocycles. The van der Waals surface area contributed by atoms with Crippen LogP contribution in [-0.4, -0.2) is 12.0 Å². The van der Waals surface area contributed by atoms with Gasteiger partial charge in [-0.3, -0.25) is 10.2 Å². The molecule has 0 aliphatic rings. The monoisotopic (exact) mass is 286 g/mol. The topological polar surface area (TPSA) is 64.3 Å². The fourth-order valence-corrected chi connectivity index (χ4v) is 1.74. The summed E-state index contributed by atoms with van der Waals surface area (Å²) in [5.74, 6) is 5.30. The molecule has 0 aliphatic heterocycles. The third-order valence-electron chi connectivity index (χ3n) is 2.22. The highest BCUT2D eigenvalue weighted by Crippen LogP contribution is 2.27. The standard InChI is InChI=1S/C11H15BrN2O2/c1-3-8-4-5-10(9(12)6-8)16-7(2)11(15)14-13/h4-7H,3,13H2,1-2H3,(H,14,15). The van der Waals surface area contributed by atoms with Crippen LogP contribution in [0.3, 0.4) is 0 Å². The molecule has 1 rings (SSSR count). The van der Waals surface area contributed by atoms with Crippen molar-refractivity contribution >= 4 is 21.8 Å². The Morgan fingerprint density at radius 3 is 2.81 bits per heavy atom. The molecule has 1 unspecified atom stereocenters. The molecular weight excluding hydrogens is 272 g/mol. The van der Waals surface area contributed by atoms with E-state index < -0.39 is 6.10 Å². The second-order valence-electron chi connectivity index (χ2n) is 3.39. The van der Waals surface area contributed by atoms with E-state index in [1.165, 1.54) is 5.56 Å². The molecule has 0 radical (unpaired) electrons. The number of hydrogen-bond acceptors (Lipinski definition) is 3. The van der Waals surface area contributed by atoms with Crippen LogP contribution in [0.2, 0.25) is 0 Å². The van der Waals surface area contributed by atoms with Gasteiger partial charge in [-0.15, -0.1) is 0 Å². The maximum atomic E-state index is 11.2. The Balaban J connectivity index is 2.78. The van der Waals surface area contributed by atoms with Gasteiger partial charge in [0.25, 0.3) is 5.91 Å². The molecule has 0 fully saturated rings. The maximum absolute atomic E-state index is 11.2. The molecule has 0 saturated carbocycles. The zero-order chi connectivity index (χ0) is 12.1. The SMILES string of the molecule is CCc1ccc(OC(C)C(=O)NN)c(Br)c1. The number of ether oxygens (including phenoxy) is 1. The molecule has 3 N–H and O–H groups in total. The number of benzene rings is 1. The lowest BCUT2D eigenvalue weighted by atomic mass is 10.2. The first kappa shape index (κ1) is 13.0. The van der Waals surface area contributed by atoms with Gasteiger partial charge < -0.3 is 4.74 Å². The minimum Gasteiger partial charge on any atom is -0.480 e. The van der Waals surface area contributed by atoms with Gasteiger partial charge in [0.15, 0.2) is 6.10 Å². The summed E-state index contributed by atoms with van der Waals surface area (Å²) in [6.45, 7) is 3.72. The number of rotatable bonds is 4. The summed E-state index contributed by atoms with van der Waals surface area (Å²) in [5.41, 5.74) is 3.25. The lowest BCUT2D eigenvalue weighted by Gasteiger charge is -2.14. The molecule has 0 aliphatic carbocycles. The molecule has 1 amide bonds. The van der Waals surface area contributed by atoms with Crippen LogP contribution >= 0.6 is 15.9 Å². The Kier molecular flexibility index (Phi) is 4.76. The molecule has 0 spiro atoms. The van der Waals surface area contributed by atoms with Gasteiger partial charge in [0.1, 0.15) is 5.75 Å². The zero-order valence-corrected chi connectivity index (χ0v) is 10.9. The van der Waals surface area contributed by atoms with E-state index in [0.717, 1.165) is 10.9 Å². The average Bonchev–Trinajstić information content (AvgIpc) is 2.30. The number of hydrogen-bond donors (Lipinski definition) is 2. The van der Waals surface area contributed by atoms with Crippen molar-refractivity contribution in [3.05, 3.63) is 28.2 Å². The van der Waals surface area contributed by atoms with Crippen molar-refractivity contribution in [1.29, 1.82) is 0 Å². The van der Waals surface area contributed by atoms with E-state index in [4.69, 9.17) is 10.6 Å². The lowest BCUT2D eigenvalue weighted by molar-refractivity contribution is -0.127. The van der Waals surface area contributed by atoms with Gasteiger partial charge in [0.2, 0.25) is 0 Å². The Morgan fingerprint density at radius 1 is 1.62 bits per heavy atom. The smallest absolute Gasteiger partial charge is 0.274 e. The normalized spacial score (nSPS) is 12.0. The van der Waals surface area contributed by atoms with Gasteiger partial charge in [0, 0.05) is 0 Å². The molecule has 0 heterocycles. The van der Waals surface area contributed by atoms with Gasteiger partial charge in [0.05, 0.1) is 4.47 Å². The number of aryl methyl sites for hydroxylation is 1. The fraction of sp³-hybridized carbons (Fsp3) is 0.364. The summed E-state index contributed by atoms with van der Waals surface area (Å²) in [4.78, 5) is 11.2. The minimum absolute atomic E-state index is 0.355. The van der Waals surface area contributed by atoms with Crippen LogP contribution in [-0.2, 0) is 11.2 Å². The van der Waals surface area contributed by atoms with Gasteiger partial charge in [-0.05, 0) is 47.0 Å². The van der Waals surface area contributed by atoms with Crippen LogP contribution in [0.4, 0.5) is 0 Å². The van der Waals surface area contributed by atoms with E-state index in [1.807, 2.05) is 23.6 Å². The second kappa shape index (κ2) is 5.86. The van der Waals surface area contributed by atoms with E-state index in [9.17, 15) is 4.79 Å². The summed E-state index contributed by atoms with van der Waals surface area (Å²) >= 11 is 3.40. The van der Waals surface area contributed by atoms with Gasteiger partial charge in [-0.2, -0.15) is 0 Å². The van der Waals surface area contributed by atoms with Crippen molar-refractivity contribution in [3.8, 4) is 5.75 Å². The highest BCUT2D eigenvalue weighted by atomic mass is 79.9. The van der Waals surface area contributed by atoms with Crippen LogP contribution < -0.4 is 16.0 Å². The minimum atomic E-state index is -0.617. The molecule has 1 aromatic rings. The Morgan fingerprint density at radius 2 is 2.31 bits per heavy atom. The van der Waals surface area contributed by atoms with E-state index in [0.29, 0.717) is 5.75 Å². The summed E-state index contributed by atoms with van der Waals surface area (Å²) in [6, 6.07) is 5.78. The molecule has 0 bridgehead atoms. The highest BCUT2D eigenvalue weighted by molar-refractivity contribution is 9.10. The first-order valence-corrected chi connectivity index (χ1v) is 5.83. The number of amides is 1. The Hall–Kier alpha value is -1.07. The van der Waals surface area contributed by atoms with Crippen LogP contribution in [0.5, 0.6) is 5.75 Å². The van der Waals surface area contributed by atoms with E-state index in [2.05, 4.69) is 22.9 Å². The first-order chi connectivity index (χ1) is 7.58. The van der Waals surface area contributed by atoms with Crippen LogP contribution in [0, 0.1) is 0 Å². The van der Waals surface area contributed by atoms with Crippen molar-refractivity contribution in [2.75, 3.05) is 0 Å². The number of hydrazine groups is 1. The summed E-state index contributed by atoms with van der Waals surface area (Å²) in [7, 11) is 0. The number of carbonyl (C=O) groups excluding carboxylic acids is 1. The summed E-state index contributed by atoms with van der Waals surface area (Å²) in [6.07, 6.45) is 0.339. The van der Waals surface area contributed by atoms with E-state index in [1.54, 1.807) is 6.92 Å². The summed E-state index contributed by atoms with van der Waals surface area (Å²) in [5, 5.41) is 0. The molecule has 5 heteroatoms. The quantitative estimate of drug-likeness (QED) is 0.504. The first-order valence-electron chi connectivity index (χ1n) is 5.04. The number of nitrogens with two attached hydrogens (primary N) is 1. The maximum Gasteiger partial charge on any atom is 0.274 e. The van der Waals surface area contributed by atoms with Gasteiger partial charge in [-0.1, -0.05) is 13.0 Å². The van der Waals surface area contributed by atoms with Crippen molar-refractivity contribution < 1.29 is 9.53 Å². The highest BCUT2D eigenvalue weighted by Gasteiger charge is 2.14. The molecule has 1 aromatic carbocycles. The van der Waals surface area contributed by atoms with Gasteiger partial charge in [-0.25, -0.2) is 5.84 Å². The molecule has 88 valence electrons. The zero-order valence-electron chi connectivity index (χ0n) is 9.29. The fourth-order valence-electron chi connectivity index (χ4n) is 1.22. The predicted molar refractivity (Wildman–Crippen MR) is 65.9 cm³/mol. The largest absolute Gasteiger partial charge is 0.480 e. The Labute approximate surface area is 103 Å².